The van der Waals surface area contributed by atoms with Gasteiger partial charge in [0.2, 0.25) is 0 Å². The smallest absolute Gasteiger partial charge is 0.272 e. The summed E-state index contributed by atoms with van der Waals surface area (Å²) in [5.74, 6) is -0.745. The van der Waals surface area contributed by atoms with E-state index in [0.717, 1.165) is 4.90 Å². The molecule has 1 aliphatic heterocycles. The molecule has 0 saturated carbocycles. The topological polar surface area (TPSA) is 64.4 Å². The maximum absolute atomic E-state index is 13.0. The molecule has 0 fully saturated rings. The zero-order chi connectivity index (χ0) is 19.8. The van der Waals surface area contributed by atoms with Gasteiger partial charge >= 0.3 is 0 Å². The van der Waals surface area contributed by atoms with Crippen molar-refractivity contribution in [1.29, 1.82) is 0 Å². The van der Waals surface area contributed by atoms with Crippen molar-refractivity contribution in [1.82, 2.24) is 14.5 Å². The fourth-order valence-electron chi connectivity index (χ4n) is 3.13. The molecule has 0 bridgehead atoms. The zero-order valence-electron chi connectivity index (χ0n) is 14.9. The van der Waals surface area contributed by atoms with Crippen molar-refractivity contribution in [3.63, 3.8) is 0 Å². The molecule has 0 aliphatic carbocycles. The average molecular weight is 400 g/mol. The molecule has 4 rings (SSSR count). The minimum absolute atomic E-state index is 0.0991. The van der Waals surface area contributed by atoms with Gasteiger partial charge in [0.1, 0.15) is 28.9 Å². The van der Waals surface area contributed by atoms with E-state index < -0.39 is 11.8 Å². The number of rotatable bonds is 5. The van der Waals surface area contributed by atoms with Crippen LogP contribution in [0.4, 0.5) is 4.39 Å². The Kier molecular flexibility index (Phi) is 4.60. The number of carbonyl (C=O) groups is 2. The molecule has 28 heavy (non-hydrogen) atoms. The number of ether oxygens (including phenoxy) is 1. The van der Waals surface area contributed by atoms with Crippen LogP contribution in [-0.2, 0) is 16.1 Å². The van der Waals surface area contributed by atoms with Crippen molar-refractivity contribution in [2.75, 3.05) is 13.7 Å². The Bertz CT molecular complexity index is 1120. The molecule has 142 valence electrons. The fraction of sp³-hybridized carbons (Fsp3) is 0.150. The van der Waals surface area contributed by atoms with Gasteiger partial charge in [-0.05, 0) is 36.4 Å². The lowest BCUT2D eigenvalue weighted by Gasteiger charge is -2.07. The molecule has 0 radical (unpaired) electrons. The number of imide groups is 1. The summed E-state index contributed by atoms with van der Waals surface area (Å²) in [6.45, 7) is 0.749. The van der Waals surface area contributed by atoms with E-state index in [1.165, 1.54) is 19.2 Å². The lowest BCUT2D eigenvalue weighted by atomic mass is 10.1. The highest BCUT2D eigenvalue weighted by Crippen LogP contribution is 2.35. The highest BCUT2D eigenvalue weighted by atomic mass is 35.5. The van der Waals surface area contributed by atoms with Gasteiger partial charge in [0, 0.05) is 30.4 Å². The Morgan fingerprint density at radius 3 is 2.57 bits per heavy atom. The van der Waals surface area contributed by atoms with Gasteiger partial charge in [-0.15, -0.1) is 0 Å². The van der Waals surface area contributed by atoms with Crippen LogP contribution in [0.5, 0.6) is 5.75 Å². The number of carbonyl (C=O) groups excluding carboxylic acids is 2. The van der Waals surface area contributed by atoms with Gasteiger partial charge in [-0.25, -0.2) is 9.37 Å². The molecule has 0 spiro atoms. The molecule has 0 atom stereocenters. The second-order valence-electron chi connectivity index (χ2n) is 6.27. The second kappa shape index (κ2) is 7.09. The van der Waals surface area contributed by atoms with Crippen LogP contribution < -0.4 is 4.74 Å². The minimum atomic E-state index is -0.522. The summed E-state index contributed by atoms with van der Waals surface area (Å²) < 4.78 is 20.5. The van der Waals surface area contributed by atoms with Crippen molar-refractivity contribution in [3.05, 3.63) is 65.2 Å². The number of hydrogen-bond donors (Lipinski definition) is 0. The lowest BCUT2D eigenvalue weighted by Crippen LogP contribution is -2.26. The largest absolute Gasteiger partial charge is 0.492 e. The quantitative estimate of drug-likeness (QED) is 0.618. The first-order chi connectivity index (χ1) is 13.5. The van der Waals surface area contributed by atoms with Crippen molar-refractivity contribution in [3.8, 4) is 5.75 Å². The third kappa shape index (κ3) is 3.03. The predicted molar refractivity (Wildman–Crippen MR) is 102 cm³/mol. The molecule has 0 unspecified atom stereocenters. The maximum Gasteiger partial charge on any atom is 0.272 e. The van der Waals surface area contributed by atoms with Crippen molar-refractivity contribution in [2.45, 2.75) is 6.54 Å². The van der Waals surface area contributed by atoms with Crippen molar-refractivity contribution in [2.24, 2.45) is 0 Å². The third-order valence-electron chi connectivity index (χ3n) is 4.55. The minimum Gasteiger partial charge on any atom is -0.492 e. The van der Waals surface area contributed by atoms with Gasteiger partial charge in [0.05, 0.1) is 12.1 Å². The number of aromatic nitrogens is 2. The Labute approximate surface area is 164 Å². The highest BCUT2D eigenvalue weighted by Gasteiger charge is 2.37. The predicted octanol–water partition coefficient (Wildman–Crippen LogP) is 3.20. The SMILES string of the molecule is CN1C(=O)C(Cl)=C(c2cn(CCOc3ccc(F)cc3)c3ncccc23)C1=O. The Morgan fingerprint density at radius 2 is 1.89 bits per heavy atom. The molecule has 6 nitrogen and oxygen atoms in total. The first kappa shape index (κ1) is 18.2. The number of amides is 2. The molecule has 1 aromatic carbocycles. The second-order valence-corrected chi connectivity index (χ2v) is 6.65. The van der Waals surface area contributed by atoms with Gasteiger partial charge in [-0.2, -0.15) is 0 Å². The van der Waals surface area contributed by atoms with Crippen LogP contribution in [0.2, 0.25) is 0 Å². The molecular weight excluding hydrogens is 385 g/mol. The molecule has 3 heterocycles. The number of pyridine rings is 1. The lowest BCUT2D eigenvalue weighted by molar-refractivity contribution is -0.134. The summed E-state index contributed by atoms with van der Waals surface area (Å²) >= 11 is 6.14. The first-order valence-corrected chi connectivity index (χ1v) is 8.90. The van der Waals surface area contributed by atoms with Crippen LogP contribution in [0.25, 0.3) is 16.6 Å². The van der Waals surface area contributed by atoms with Crippen LogP contribution in [0.15, 0.2) is 53.8 Å². The fourth-order valence-corrected chi connectivity index (χ4v) is 3.44. The van der Waals surface area contributed by atoms with Crippen LogP contribution in [0.1, 0.15) is 5.56 Å². The Hall–Kier alpha value is -3.19. The summed E-state index contributed by atoms with van der Waals surface area (Å²) in [5, 5.41) is 0.617. The van der Waals surface area contributed by atoms with E-state index in [2.05, 4.69) is 4.98 Å². The van der Waals surface area contributed by atoms with E-state index in [1.807, 2.05) is 10.6 Å². The van der Waals surface area contributed by atoms with Crippen LogP contribution in [0, 0.1) is 5.82 Å². The number of nitrogens with zero attached hydrogens (tertiary/aromatic N) is 3. The Balaban J connectivity index is 1.65. The van der Waals surface area contributed by atoms with E-state index >= 15 is 0 Å². The molecule has 2 amide bonds. The standard InChI is InChI=1S/C20H15ClFN3O3/c1-24-19(26)16(17(21)20(24)27)15-11-25(18-14(15)3-2-8-23-18)9-10-28-13-6-4-12(22)5-7-13/h2-8,11H,9-10H2,1H3. The third-order valence-corrected chi connectivity index (χ3v) is 4.90. The zero-order valence-corrected chi connectivity index (χ0v) is 15.6. The number of likely N-dealkylation sites (N-methyl/N-ethyl adjacent to an activating group) is 1. The molecule has 0 N–H and O–H groups in total. The van der Waals surface area contributed by atoms with Gasteiger partial charge in [0.25, 0.3) is 11.8 Å². The van der Waals surface area contributed by atoms with Gasteiger partial charge < -0.3 is 9.30 Å². The molecule has 0 saturated heterocycles. The maximum atomic E-state index is 13.0. The Morgan fingerprint density at radius 1 is 1.14 bits per heavy atom. The van der Waals surface area contributed by atoms with Gasteiger partial charge in [-0.1, -0.05) is 11.6 Å². The normalized spacial score (nSPS) is 14.5. The van der Waals surface area contributed by atoms with Gasteiger partial charge in [-0.3, -0.25) is 14.5 Å². The molecule has 2 aromatic heterocycles. The van der Waals surface area contributed by atoms with Crippen LogP contribution in [-0.4, -0.2) is 39.9 Å². The van der Waals surface area contributed by atoms with E-state index in [9.17, 15) is 14.0 Å². The summed E-state index contributed by atoms with van der Waals surface area (Å²) in [6, 6.07) is 9.33. The number of fused-ring (bicyclic) bond motifs is 1. The van der Waals surface area contributed by atoms with Crippen LogP contribution >= 0.6 is 11.6 Å². The van der Waals surface area contributed by atoms with Crippen molar-refractivity contribution >= 4 is 40.0 Å². The highest BCUT2D eigenvalue weighted by molar-refractivity contribution is 6.55. The van der Waals surface area contributed by atoms with Gasteiger partial charge in [0.15, 0.2) is 0 Å². The van der Waals surface area contributed by atoms with E-state index in [1.54, 1.807) is 30.6 Å². The number of benzene rings is 1. The molecule has 8 heteroatoms. The molecule has 1 aliphatic rings. The van der Waals surface area contributed by atoms with E-state index in [0.29, 0.717) is 35.5 Å². The summed E-state index contributed by atoms with van der Waals surface area (Å²) in [6.07, 6.45) is 3.39. The van der Waals surface area contributed by atoms with E-state index in [4.69, 9.17) is 16.3 Å². The molecular formula is C20H15ClFN3O3. The number of hydrogen-bond acceptors (Lipinski definition) is 4. The van der Waals surface area contributed by atoms with Crippen LogP contribution in [0.3, 0.4) is 0 Å². The summed E-state index contributed by atoms with van der Waals surface area (Å²) in [7, 11) is 1.40. The summed E-state index contributed by atoms with van der Waals surface area (Å²) in [5.41, 5.74) is 1.37. The summed E-state index contributed by atoms with van der Waals surface area (Å²) in [4.78, 5) is 29.9. The number of halogens is 2. The molecule has 3 aromatic rings. The first-order valence-electron chi connectivity index (χ1n) is 8.52. The average Bonchev–Trinajstić information content (AvgIpc) is 3.15. The van der Waals surface area contributed by atoms with Crippen molar-refractivity contribution < 1.29 is 18.7 Å². The monoisotopic (exact) mass is 399 g/mol. The van der Waals surface area contributed by atoms with E-state index in [-0.39, 0.29) is 16.4 Å².